The number of carboxylic acids is 1. The first kappa shape index (κ1) is 24.4. The number of nitrogens with zero attached hydrogens (tertiary/aromatic N) is 2. The first-order valence-electron chi connectivity index (χ1n) is 9.19. The van der Waals surface area contributed by atoms with Gasteiger partial charge in [-0.3, -0.25) is 19.4 Å². The van der Waals surface area contributed by atoms with Crippen molar-refractivity contribution in [2.75, 3.05) is 20.2 Å². The number of aliphatic hydroxyl groups is 1. The van der Waals surface area contributed by atoms with Crippen LogP contribution in [0.15, 0.2) is 54.1 Å². The minimum Gasteiger partial charge on any atom is -1.00 e. The third-order valence-corrected chi connectivity index (χ3v) is 4.68. The molecular weight excluding hydrogens is 413 g/mol. The topological polar surface area (TPSA) is 129 Å². The van der Waals surface area contributed by atoms with Gasteiger partial charge in [-0.15, -0.1) is 0 Å². The Bertz CT molecular complexity index is 1010. The molecule has 10 heteroatoms. The number of pyridine rings is 1. The summed E-state index contributed by atoms with van der Waals surface area (Å²) in [5.41, 5.74) is 2.24. The number of aromatic nitrogens is 1. The summed E-state index contributed by atoms with van der Waals surface area (Å²) >= 11 is 0. The second-order valence-corrected chi connectivity index (χ2v) is 6.65. The van der Waals surface area contributed by atoms with Crippen LogP contribution in [0.4, 0.5) is 0 Å². The van der Waals surface area contributed by atoms with E-state index in [1.165, 1.54) is 4.90 Å². The third kappa shape index (κ3) is 5.84. The summed E-state index contributed by atoms with van der Waals surface area (Å²) in [5, 5.41) is 20.8. The minimum atomic E-state index is -1.24. The van der Waals surface area contributed by atoms with Gasteiger partial charge < -0.3 is 26.6 Å². The number of carbonyl (C=O) groups is 3. The van der Waals surface area contributed by atoms with Crippen molar-refractivity contribution in [1.82, 2.24) is 15.2 Å². The van der Waals surface area contributed by atoms with Crippen LogP contribution in [0, 0.1) is 0 Å². The van der Waals surface area contributed by atoms with Gasteiger partial charge in [-0.2, -0.15) is 0 Å². The molecule has 31 heavy (non-hydrogen) atoms. The van der Waals surface area contributed by atoms with Crippen LogP contribution in [0.5, 0.6) is 5.75 Å². The van der Waals surface area contributed by atoms with E-state index in [2.05, 4.69) is 10.3 Å². The standard InChI is InChI=1S/C21H21N3O6.Na.H/c1-30-17-10-22-8-6-15(17)14-4-2-13(3-5-14)12-24-9-7-16(25)19(21(24)29)20(28)23-11-18(26)27;;/h2-6,8,10,25H,7,9,11-12H2,1H3,(H,23,28)(H,26,27);;/q;+1;-1. The fourth-order valence-electron chi connectivity index (χ4n) is 3.16. The zero-order chi connectivity index (χ0) is 21.7. The maximum Gasteiger partial charge on any atom is 1.00 e. The van der Waals surface area contributed by atoms with Gasteiger partial charge in [0.25, 0.3) is 11.8 Å². The average Bonchev–Trinajstić information content (AvgIpc) is 2.75. The average molecular weight is 435 g/mol. The van der Waals surface area contributed by atoms with Crippen LogP contribution in [0.25, 0.3) is 11.1 Å². The van der Waals surface area contributed by atoms with Crippen LogP contribution in [-0.4, -0.2) is 58.1 Å². The normalized spacial score (nSPS) is 13.5. The zero-order valence-corrected chi connectivity index (χ0v) is 19.3. The molecule has 0 unspecified atom stereocenters. The summed E-state index contributed by atoms with van der Waals surface area (Å²) in [6, 6.07) is 9.37. The van der Waals surface area contributed by atoms with E-state index in [4.69, 9.17) is 9.84 Å². The molecule has 2 heterocycles. The Morgan fingerprint density at radius 1 is 1.26 bits per heavy atom. The minimum absolute atomic E-state index is 0. The number of rotatable bonds is 7. The maximum atomic E-state index is 12.7. The van der Waals surface area contributed by atoms with Crippen molar-refractivity contribution in [2.45, 2.75) is 13.0 Å². The molecule has 1 aliphatic heterocycles. The molecular formula is C21H22N3NaO6. The molecule has 1 aromatic carbocycles. The van der Waals surface area contributed by atoms with Crippen LogP contribution >= 0.6 is 0 Å². The Labute approximate surface area is 202 Å². The number of carbonyl (C=O) groups excluding carboxylic acids is 2. The molecule has 1 aliphatic rings. The van der Waals surface area contributed by atoms with Crippen LogP contribution in [0.3, 0.4) is 0 Å². The van der Waals surface area contributed by atoms with Gasteiger partial charge in [-0.05, 0) is 17.2 Å². The van der Waals surface area contributed by atoms with Crippen molar-refractivity contribution in [3.8, 4) is 16.9 Å². The molecule has 0 atom stereocenters. The second kappa shape index (κ2) is 10.9. The summed E-state index contributed by atoms with van der Waals surface area (Å²) in [7, 11) is 1.57. The van der Waals surface area contributed by atoms with Gasteiger partial charge in [0.05, 0.1) is 13.3 Å². The molecule has 0 radical (unpaired) electrons. The van der Waals surface area contributed by atoms with E-state index in [0.29, 0.717) is 5.75 Å². The van der Waals surface area contributed by atoms with Gasteiger partial charge in [-0.1, -0.05) is 24.3 Å². The van der Waals surface area contributed by atoms with E-state index in [-0.39, 0.29) is 56.3 Å². The molecule has 2 aromatic rings. The van der Waals surface area contributed by atoms with Crippen LogP contribution in [-0.2, 0) is 20.9 Å². The number of methoxy groups -OCH3 is 1. The number of ether oxygens (including phenoxy) is 1. The predicted molar refractivity (Wildman–Crippen MR) is 108 cm³/mol. The van der Waals surface area contributed by atoms with E-state index >= 15 is 0 Å². The fourth-order valence-corrected chi connectivity index (χ4v) is 3.16. The molecule has 0 aliphatic carbocycles. The Morgan fingerprint density at radius 3 is 2.61 bits per heavy atom. The first-order chi connectivity index (χ1) is 14.4. The molecule has 0 fully saturated rings. The van der Waals surface area contributed by atoms with Crippen molar-refractivity contribution >= 4 is 17.8 Å². The quantitative estimate of drug-likeness (QED) is 0.361. The first-order valence-corrected chi connectivity index (χ1v) is 9.19. The van der Waals surface area contributed by atoms with Crippen molar-refractivity contribution in [2.24, 2.45) is 0 Å². The molecule has 3 rings (SSSR count). The summed E-state index contributed by atoms with van der Waals surface area (Å²) in [4.78, 5) is 40.9. The summed E-state index contributed by atoms with van der Waals surface area (Å²) < 4.78 is 5.33. The SMILES string of the molecule is COc1cnccc1-c1ccc(CN2CCC(O)=C(C(=O)NCC(=O)O)C2=O)cc1.[H-].[Na+]. The Kier molecular flexibility index (Phi) is 8.61. The maximum absolute atomic E-state index is 12.7. The molecule has 1 aromatic heterocycles. The third-order valence-electron chi connectivity index (χ3n) is 4.68. The molecule has 0 spiro atoms. The molecule has 9 nitrogen and oxygen atoms in total. The Balaban J connectivity index is 0.00000256. The van der Waals surface area contributed by atoms with Crippen molar-refractivity contribution in [3.05, 3.63) is 59.6 Å². The van der Waals surface area contributed by atoms with E-state index in [0.717, 1.165) is 16.7 Å². The number of hydrogen-bond donors (Lipinski definition) is 3. The number of nitrogens with one attached hydrogen (secondary N) is 1. The van der Waals surface area contributed by atoms with Gasteiger partial charge in [-0.25, -0.2) is 0 Å². The Morgan fingerprint density at radius 2 is 1.97 bits per heavy atom. The summed E-state index contributed by atoms with van der Waals surface area (Å²) in [6.45, 7) is -0.140. The molecule has 0 saturated carbocycles. The van der Waals surface area contributed by atoms with Crippen LogP contribution in [0.1, 0.15) is 13.4 Å². The van der Waals surface area contributed by atoms with Crippen molar-refractivity contribution < 1.29 is 60.3 Å². The molecule has 2 amide bonds. The van der Waals surface area contributed by atoms with Crippen molar-refractivity contribution in [1.29, 1.82) is 0 Å². The Hall–Kier alpha value is -2.88. The van der Waals surface area contributed by atoms with E-state index in [9.17, 15) is 19.5 Å². The summed E-state index contributed by atoms with van der Waals surface area (Å²) in [6.07, 6.45) is 3.42. The predicted octanol–water partition coefficient (Wildman–Crippen LogP) is -1.38. The molecule has 158 valence electrons. The van der Waals surface area contributed by atoms with E-state index < -0.39 is 29.9 Å². The van der Waals surface area contributed by atoms with Crippen molar-refractivity contribution in [3.63, 3.8) is 0 Å². The van der Waals surface area contributed by atoms with Gasteiger partial charge in [0.15, 0.2) is 0 Å². The fraction of sp³-hybridized carbons (Fsp3) is 0.238. The number of carboxylic acid groups (broad SMARTS) is 1. The van der Waals surface area contributed by atoms with E-state index in [1.807, 2.05) is 30.3 Å². The van der Waals surface area contributed by atoms with Crippen LogP contribution in [0.2, 0.25) is 0 Å². The monoisotopic (exact) mass is 435 g/mol. The number of hydrogen-bond acceptors (Lipinski definition) is 6. The number of aliphatic hydroxyl groups excluding tert-OH is 1. The van der Waals surface area contributed by atoms with Gasteiger partial charge >= 0.3 is 35.5 Å². The molecule has 0 saturated heterocycles. The number of benzene rings is 1. The molecule has 0 bridgehead atoms. The smallest absolute Gasteiger partial charge is 1.00 e. The number of aliphatic carboxylic acids is 1. The second-order valence-electron chi connectivity index (χ2n) is 6.65. The van der Waals surface area contributed by atoms with Gasteiger partial charge in [0.1, 0.15) is 23.6 Å². The zero-order valence-electron chi connectivity index (χ0n) is 18.3. The van der Waals surface area contributed by atoms with Gasteiger partial charge in [0, 0.05) is 31.3 Å². The largest absolute Gasteiger partial charge is 1.00 e. The molecule has 3 N–H and O–H groups in total. The van der Waals surface area contributed by atoms with E-state index in [1.54, 1.807) is 19.5 Å². The van der Waals surface area contributed by atoms with Gasteiger partial charge in [0.2, 0.25) is 0 Å². The number of amides is 2. The van der Waals surface area contributed by atoms with Crippen LogP contribution < -0.4 is 39.6 Å². The summed E-state index contributed by atoms with van der Waals surface area (Å²) in [5.74, 6) is -2.46.